The summed E-state index contributed by atoms with van der Waals surface area (Å²) in [4.78, 5) is 0. The van der Waals surface area contributed by atoms with Gasteiger partial charge in [-0.1, -0.05) is 43.7 Å². The molecule has 0 radical (unpaired) electrons. The Labute approximate surface area is 111 Å². The standard InChI is InChI=1S/C16H26N2/c1-2-6-16(15-7-4-3-5-8-15)18-13-14-9-11-17-12-10-14/h3-5,7-8,14,16-18H,2,6,9-13H2,1H3. The molecule has 1 aliphatic rings. The van der Waals surface area contributed by atoms with Crippen LogP contribution in [0.5, 0.6) is 0 Å². The number of benzene rings is 1. The second kappa shape index (κ2) is 7.55. The fraction of sp³-hybridized carbons (Fsp3) is 0.625. The maximum absolute atomic E-state index is 3.78. The Kier molecular flexibility index (Phi) is 5.69. The van der Waals surface area contributed by atoms with Crippen molar-refractivity contribution in [2.75, 3.05) is 19.6 Å². The summed E-state index contributed by atoms with van der Waals surface area (Å²) in [5, 5.41) is 7.21. The van der Waals surface area contributed by atoms with Gasteiger partial charge in [-0.2, -0.15) is 0 Å². The van der Waals surface area contributed by atoms with Crippen molar-refractivity contribution in [3.63, 3.8) is 0 Å². The second-order valence-corrected chi connectivity index (χ2v) is 5.35. The Hall–Kier alpha value is -0.860. The van der Waals surface area contributed by atoms with Gasteiger partial charge < -0.3 is 10.6 Å². The molecule has 1 aliphatic heterocycles. The molecule has 1 fully saturated rings. The van der Waals surface area contributed by atoms with Gasteiger partial charge in [0.15, 0.2) is 0 Å². The monoisotopic (exact) mass is 246 g/mol. The topological polar surface area (TPSA) is 24.1 Å². The third-order valence-electron chi connectivity index (χ3n) is 3.89. The fourth-order valence-corrected chi connectivity index (χ4v) is 2.76. The van der Waals surface area contributed by atoms with Gasteiger partial charge in [-0.15, -0.1) is 0 Å². The summed E-state index contributed by atoms with van der Waals surface area (Å²) >= 11 is 0. The van der Waals surface area contributed by atoms with E-state index in [0.29, 0.717) is 6.04 Å². The van der Waals surface area contributed by atoms with Crippen LogP contribution in [0.15, 0.2) is 30.3 Å². The summed E-state index contributed by atoms with van der Waals surface area (Å²) in [5.74, 6) is 0.856. The molecule has 18 heavy (non-hydrogen) atoms. The van der Waals surface area contributed by atoms with Crippen molar-refractivity contribution in [3.05, 3.63) is 35.9 Å². The zero-order valence-electron chi connectivity index (χ0n) is 11.5. The molecule has 2 N–H and O–H groups in total. The highest BCUT2D eigenvalue weighted by Crippen LogP contribution is 2.19. The van der Waals surface area contributed by atoms with Gasteiger partial charge in [-0.25, -0.2) is 0 Å². The third kappa shape index (κ3) is 4.11. The minimum absolute atomic E-state index is 0.533. The third-order valence-corrected chi connectivity index (χ3v) is 3.89. The van der Waals surface area contributed by atoms with E-state index in [0.717, 1.165) is 5.92 Å². The van der Waals surface area contributed by atoms with Crippen LogP contribution in [0, 0.1) is 5.92 Å². The Morgan fingerprint density at radius 2 is 1.94 bits per heavy atom. The molecule has 0 aromatic heterocycles. The highest BCUT2D eigenvalue weighted by molar-refractivity contribution is 5.18. The molecular weight excluding hydrogens is 220 g/mol. The Bertz CT molecular complexity index is 317. The molecular formula is C16H26N2. The predicted molar refractivity (Wildman–Crippen MR) is 77.7 cm³/mol. The average molecular weight is 246 g/mol. The molecule has 1 heterocycles. The van der Waals surface area contributed by atoms with E-state index in [1.807, 2.05) is 0 Å². The second-order valence-electron chi connectivity index (χ2n) is 5.35. The van der Waals surface area contributed by atoms with Crippen LogP contribution in [0.3, 0.4) is 0 Å². The minimum atomic E-state index is 0.533. The van der Waals surface area contributed by atoms with Gasteiger partial charge in [0.1, 0.15) is 0 Å². The summed E-state index contributed by atoms with van der Waals surface area (Å²) < 4.78 is 0. The van der Waals surface area contributed by atoms with E-state index in [2.05, 4.69) is 47.9 Å². The molecule has 1 saturated heterocycles. The fourth-order valence-electron chi connectivity index (χ4n) is 2.76. The highest BCUT2D eigenvalue weighted by Gasteiger charge is 2.15. The molecule has 2 nitrogen and oxygen atoms in total. The zero-order valence-corrected chi connectivity index (χ0v) is 11.5. The van der Waals surface area contributed by atoms with Crippen molar-refractivity contribution in [3.8, 4) is 0 Å². The normalized spacial score (nSPS) is 18.7. The lowest BCUT2D eigenvalue weighted by Gasteiger charge is -2.26. The van der Waals surface area contributed by atoms with Crippen molar-refractivity contribution in [1.29, 1.82) is 0 Å². The summed E-state index contributed by atoms with van der Waals surface area (Å²) in [6.45, 7) is 5.82. The SMILES string of the molecule is CCCC(NCC1CCNCC1)c1ccccc1. The molecule has 0 bridgehead atoms. The van der Waals surface area contributed by atoms with Crippen molar-refractivity contribution >= 4 is 0 Å². The minimum Gasteiger partial charge on any atom is -0.317 e. The van der Waals surface area contributed by atoms with Crippen LogP contribution in [0.25, 0.3) is 0 Å². The van der Waals surface area contributed by atoms with E-state index >= 15 is 0 Å². The lowest BCUT2D eigenvalue weighted by atomic mass is 9.96. The Morgan fingerprint density at radius 3 is 2.61 bits per heavy atom. The van der Waals surface area contributed by atoms with Gasteiger partial charge in [0.05, 0.1) is 0 Å². The van der Waals surface area contributed by atoms with E-state index in [-0.39, 0.29) is 0 Å². The highest BCUT2D eigenvalue weighted by atomic mass is 14.9. The van der Waals surface area contributed by atoms with Crippen molar-refractivity contribution in [2.24, 2.45) is 5.92 Å². The predicted octanol–water partition coefficient (Wildman–Crippen LogP) is 3.12. The number of hydrogen-bond acceptors (Lipinski definition) is 2. The van der Waals surface area contributed by atoms with Gasteiger partial charge in [0.25, 0.3) is 0 Å². The lowest BCUT2D eigenvalue weighted by Crippen LogP contribution is -2.35. The van der Waals surface area contributed by atoms with Gasteiger partial charge >= 0.3 is 0 Å². The maximum atomic E-state index is 3.78. The molecule has 2 rings (SSSR count). The summed E-state index contributed by atoms with van der Waals surface area (Å²) in [6.07, 6.45) is 5.11. The van der Waals surface area contributed by atoms with Crippen molar-refractivity contribution < 1.29 is 0 Å². The van der Waals surface area contributed by atoms with Crippen LogP contribution in [-0.2, 0) is 0 Å². The largest absolute Gasteiger partial charge is 0.317 e. The quantitative estimate of drug-likeness (QED) is 0.806. The summed E-state index contributed by atoms with van der Waals surface area (Å²) in [5.41, 5.74) is 1.44. The van der Waals surface area contributed by atoms with Crippen LogP contribution < -0.4 is 10.6 Å². The molecule has 0 amide bonds. The van der Waals surface area contributed by atoms with E-state index in [1.165, 1.54) is 50.9 Å². The first-order valence-corrected chi connectivity index (χ1v) is 7.39. The molecule has 1 atom stereocenters. The smallest absolute Gasteiger partial charge is 0.0320 e. The molecule has 0 saturated carbocycles. The number of hydrogen-bond donors (Lipinski definition) is 2. The van der Waals surface area contributed by atoms with Crippen LogP contribution >= 0.6 is 0 Å². The average Bonchev–Trinajstić information content (AvgIpc) is 2.45. The molecule has 0 spiro atoms. The lowest BCUT2D eigenvalue weighted by molar-refractivity contribution is 0.335. The first-order valence-electron chi connectivity index (χ1n) is 7.39. The molecule has 1 aromatic carbocycles. The van der Waals surface area contributed by atoms with Crippen molar-refractivity contribution in [2.45, 2.75) is 38.6 Å². The zero-order chi connectivity index (χ0) is 12.6. The Balaban J connectivity index is 1.86. The number of nitrogens with one attached hydrogen (secondary N) is 2. The van der Waals surface area contributed by atoms with E-state index in [4.69, 9.17) is 0 Å². The molecule has 2 heteroatoms. The van der Waals surface area contributed by atoms with Gasteiger partial charge in [0.2, 0.25) is 0 Å². The Morgan fingerprint density at radius 1 is 1.22 bits per heavy atom. The van der Waals surface area contributed by atoms with Crippen LogP contribution in [0.4, 0.5) is 0 Å². The van der Waals surface area contributed by atoms with E-state index < -0.39 is 0 Å². The van der Waals surface area contributed by atoms with E-state index in [1.54, 1.807) is 0 Å². The number of piperidine rings is 1. The van der Waals surface area contributed by atoms with Gasteiger partial charge in [-0.3, -0.25) is 0 Å². The van der Waals surface area contributed by atoms with Gasteiger partial charge in [-0.05, 0) is 50.4 Å². The van der Waals surface area contributed by atoms with Crippen LogP contribution in [0.1, 0.15) is 44.2 Å². The van der Waals surface area contributed by atoms with E-state index in [9.17, 15) is 0 Å². The summed E-state index contributed by atoms with van der Waals surface area (Å²) in [6, 6.07) is 11.4. The first-order chi connectivity index (χ1) is 8.90. The molecule has 1 unspecified atom stereocenters. The van der Waals surface area contributed by atoms with Gasteiger partial charge in [0, 0.05) is 6.04 Å². The number of rotatable bonds is 6. The first kappa shape index (κ1) is 13.6. The summed E-state index contributed by atoms with van der Waals surface area (Å²) in [7, 11) is 0. The molecule has 1 aromatic rings. The van der Waals surface area contributed by atoms with Crippen LogP contribution in [-0.4, -0.2) is 19.6 Å². The maximum Gasteiger partial charge on any atom is 0.0320 e. The van der Waals surface area contributed by atoms with Crippen molar-refractivity contribution in [1.82, 2.24) is 10.6 Å². The molecule has 100 valence electrons. The van der Waals surface area contributed by atoms with Crippen LogP contribution in [0.2, 0.25) is 0 Å². The molecule has 0 aliphatic carbocycles.